The van der Waals surface area contributed by atoms with Crippen LogP contribution in [0.4, 0.5) is 0 Å². The van der Waals surface area contributed by atoms with Crippen molar-refractivity contribution in [3.8, 4) is 0 Å². The van der Waals surface area contributed by atoms with Gasteiger partial charge >= 0.3 is 0 Å². The van der Waals surface area contributed by atoms with Crippen molar-refractivity contribution in [3.05, 3.63) is 0 Å². The Morgan fingerprint density at radius 2 is 2.27 bits per heavy atom. The molecule has 0 aromatic rings. The van der Waals surface area contributed by atoms with E-state index in [1.165, 1.54) is 0 Å². The van der Waals surface area contributed by atoms with Gasteiger partial charge in [0, 0.05) is 6.04 Å². The largest absolute Gasteiger partial charge is 0.378 e. The molecule has 0 radical (unpaired) electrons. The van der Waals surface area contributed by atoms with Gasteiger partial charge in [-0.1, -0.05) is 13.8 Å². The summed E-state index contributed by atoms with van der Waals surface area (Å²) in [5.74, 6) is 0.526. The van der Waals surface area contributed by atoms with Gasteiger partial charge in [-0.05, 0) is 5.92 Å². The van der Waals surface area contributed by atoms with Crippen LogP contribution in [0.15, 0.2) is 0 Å². The summed E-state index contributed by atoms with van der Waals surface area (Å²) in [6.45, 7) is 5.48. The molecule has 1 fully saturated rings. The number of rotatable bonds is 2. The summed E-state index contributed by atoms with van der Waals surface area (Å²) in [5, 5.41) is 3.21. The quantitative estimate of drug-likeness (QED) is 0.582. The Bertz CT molecular complexity index is 136. The Hall–Kier alpha value is -0.410. The van der Waals surface area contributed by atoms with E-state index < -0.39 is 0 Å². The molecule has 64 valence electrons. The first-order valence-electron chi connectivity index (χ1n) is 4.03. The lowest BCUT2D eigenvalue weighted by molar-refractivity contribution is -0.113. The third-order valence-corrected chi connectivity index (χ3v) is 1.99. The van der Waals surface area contributed by atoms with Gasteiger partial charge in [0.05, 0.1) is 19.3 Å². The second-order valence-electron chi connectivity index (χ2n) is 3.30. The average molecular weight is 157 g/mol. The SMILES string of the molecule is CC(C)[C@H]1COCC(C=O)N1. The van der Waals surface area contributed by atoms with Gasteiger partial charge < -0.3 is 14.8 Å². The van der Waals surface area contributed by atoms with Gasteiger partial charge in [-0.15, -0.1) is 0 Å². The molecule has 3 heteroatoms. The molecule has 3 nitrogen and oxygen atoms in total. The van der Waals surface area contributed by atoms with Gasteiger partial charge in [-0.2, -0.15) is 0 Å². The maximum absolute atomic E-state index is 10.4. The molecule has 0 aromatic heterocycles. The predicted molar refractivity (Wildman–Crippen MR) is 42.4 cm³/mol. The van der Waals surface area contributed by atoms with Crippen molar-refractivity contribution in [2.75, 3.05) is 13.2 Å². The molecule has 1 saturated heterocycles. The van der Waals surface area contributed by atoms with E-state index in [1.807, 2.05) is 0 Å². The molecule has 1 aliphatic rings. The van der Waals surface area contributed by atoms with Gasteiger partial charge in [-0.25, -0.2) is 0 Å². The fourth-order valence-corrected chi connectivity index (χ4v) is 1.16. The minimum Gasteiger partial charge on any atom is -0.378 e. The van der Waals surface area contributed by atoms with Crippen LogP contribution >= 0.6 is 0 Å². The predicted octanol–water partition coefficient (Wildman–Crippen LogP) is 0.198. The number of morpholine rings is 1. The molecule has 2 atom stereocenters. The number of ether oxygens (including phenoxy) is 1. The van der Waals surface area contributed by atoms with Crippen molar-refractivity contribution in [1.29, 1.82) is 0 Å². The smallest absolute Gasteiger partial charge is 0.139 e. The van der Waals surface area contributed by atoms with Crippen LogP contribution in [-0.2, 0) is 9.53 Å². The number of nitrogens with one attached hydrogen (secondary N) is 1. The molecule has 0 saturated carbocycles. The molecule has 1 unspecified atom stereocenters. The summed E-state index contributed by atoms with van der Waals surface area (Å²) in [6.07, 6.45) is 0.911. The molecule has 1 N–H and O–H groups in total. The molecule has 1 rings (SSSR count). The van der Waals surface area contributed by atoms with Crippen LogP contribution < -0.4 is 5.32 Å². The number of hydrogen-bond donors (Lipinski definition) is 1. The van der Waals surface area contributed by atoms with E-state index in [2.05, 4.69) is 19.2 Å². The van der Waals surface area contributed by atoms with Crippen LogP contribution in [0.2, 0.25) is 0 Å². The Labute approximate surface area is 67.1 Å². The van der Waals surface area contributed by atoms with Crippen molar-refractivity contribution in [2.24, 2.45) is 5.92 Å². The maximum Gasteiger partial charge on any atom is 0.139 e. The second-order valence-corrected chi connectivity index (χ2v) is 3.30. The van der Waals surface area contributed by atoms with Gasteiger partial charge in [0.1, 0.15) is 6.29 Å². The van der Waals surface area contributed by atoms with E-state index >= 15 is 0 Å². The summed E-state index contributed by atoms with van der Waals surface area (Å²) in [7, 11) is 0. The number of carbonyl (C=O) groups excluding carboxylic acids is 1. The fraction of sp³-hybridized carbons (Fsp3) is 0.875. The van der Waals surface area contributed by atoms with Crippen LogP contribution in [0, 0.1) is 5.92 Å². The number of carbonyl (C=O) groups is 1. The first-order chi connectivity index (χ1) is 5.24. The summed E-state index contributed by atoms with van der Waals surface area (Å²) >= 11 is 0. The van der Waals surface area contributed by atoms with Crippen LogP contribution in [0.1, 0.15) is 13.8 Å². The van der Waals surface area contributed by atoms with Crippen LogP contribution in [0.5, 0.6) is 0 Å². The first kappa shape index (κ1) is 8.68. The van der Waals surface area contributed by atoms with Crippen LogP contribution in [0.25, 0.3) is 0 Å². The Morgan fingerprint density at radius 3 is 2.82 bits per heavy atom. The monoisotopic (exact) mass is 157 g/mol. The molecule has 0 amide bonds. The van der Waals surface area contributed by atoms with Crippen molar-refractivity contribution in [3.63, 3.8) is 0 Å². The first-order valence-corrected chi connectivity index (χ1v) is 4.03. The highest BCUT2D eigenvalue weighted by Gasteiger charge is 2.22. The van der Waals surface area contributed by atoms with Crippen molar-refractivity contribution in [1.82, 2.24) is 5.32 Å². The molecule has 0 bridgehead atoms. The fourth-order valence-electron chi connectivity index (χ4n) is 1.16. The van der Waals surface area contributed by atoms with Crippen LogP contribution in [-0.4, -0.2) is 31.6 Å². The normalized spacial score (nSPS) is 32.3. The van der Waals surface area contributed by atoms with Crippen LogP contribution in [0.3, 0.4) is 0 Å². The molecule has 0 spiro atoms. The Kier molecular flexibility index (Phi) is 3.02. The van der Waals surface area contributed by atoms with E-state index in [9.17, 15) is 4.79 Å². The zero-order chi connectivity index (χ0) is 8.27. The third-order valence-electron chi connectivity index (χ3n) is 1.99. The van der Waals surface area contributed by atoms with Crippen molar-refractivity contribution < 1.29 is 9.53 Å². The maximum atomic E-state index is 10.4. The third kappa shape index (κ3) is 2.27. The molecular weight excluding hydrogens is 142 g/mol. The van der Waals surface area contributed by atoms with E-state index in [0.29, 0.717) is 18.6 Å². The minimum absolute atomic E-state index is 0.101. The number of hydrogen-bond acceptors (Lipinski definition) is 3. The van der Waals surface area contributed by atoms with E-state index in [-0.39, 0.29) is 6.04 Å². The highest BCUT2D eigenvalue weighted by Crippen LogP contribution is 2.07. The zero-order valence-corrected chi connectivity index (χ0v) is 7.04. The molecule has 0 aliphatic carbocycles. The average Bonchev–Trinajstić information content (AvgIpc) is 2.05. The van der Waals surface area contributed by atoms with Crippen molar-refractivity contribution >= 4 is 6.29 Å². The minimum atomic E-state index is -0.101. The highest BCUT2D eigenvalue weighted by molar-refractivity contribution is 5.57. The van der Waals surface area contributed by atoms with Gasteiger partial charge in [0.25, 0.3) is 0 Å². The lowest BCUT2D eigenvalue weighted by atomic mass is 10.0. The van der Waals surface area contributed by atoms with Crippen molar-refractivity contribution in [2.45, 2.75) is 25.9 Å². The Balaban J connectivity index is 2.39. The topological polar surface area (TPSA) is 38.3 Å². The molecule has 0 aromatic carbocycles. The Morgan fingerprint density at radius 1 is 1.55 bits per heavy atom. The van der Waals surface area contributed by atoms with Gasteiger partial charge in [-0.3, -0.25) is 0 Å². The lowest BCUT2D eigenvalue weighted by Crippen LogP contribution is -2.51. The second kappa shape index (κ2) is 3.83. The summed E-state index contributed by atoms with van der Waals surface area (Å²) < 4.78 is 5.25. The van der Waals surface area contributed by atoms with E-state index in [4.69, 9.17) is 4.74 Å². The molecule has 1 heterocycles. The lowest BCUT2D eigenvalue weighted by Gasteiger charge is -2.30. The van der Waals surface area contributed by atoms with E-state index in [1.54, 1.807) is 0 Å². The van der Waals surface area contributed by atoms with E-state index in [0.717, 1.165) is 12.9 Å². The summed E-state index contributed by atoms with van der Waals surface area (Å²) in [5.41, 5.74) is 0. The summed E-state index contributed by atoms with van der Waals surface area (Å²) in [4.78, 5) is 10.4. The standard InChI is InChI=1S/C8H15NO2/c1-6(2)8-5-11-4-7(3-10)9-8/h3,6-9H,4-5H2,1-2H3/t7?,8-/m1/s1. The van der Waals surface area contributed by atoms with Gasteiger partial charge in [0.15, 0.2) is 0 Å². The molecule has 1 aliphatic heterocycles. The zero-order valence-electron chi connectivity index (χ0n) is 7.04. The number of aldehydes is 1. The summed E-state index contributed by atoms with van der Waals surface area (Å²) in [6, 6.07) is 0.232. The van der Waals surface area contributed by atoms with Gasteiger partial charge in [0.2, 0.25) is 0 Å². The molecular formula is C8H15NO2. The highest BCUT2D eigenvalue weighted by atomic mass is 16.5. The molecule has 11 heavy (non-hydrogen) atoms.